The Hall–Kier alpha value is -5.06. The zero-order chi connectivity index (χ0) is 32.5. The summed E-state index contributed by atoms with van der Waals surface area (Å²) in [7, 11) is -6.22. The molecule has 0 radical (unpaired) electrons. The quantitative estimate of drug-likeness (QED) is 0.131. The van der Waals surface area contributed by atoms with E-state index in [0.29, 0.717) is 6.07 Å². The summed E-state index contributed by atoms with van der Waals surface area (Å²) in [6.45, 7) is 4.86. The summed E-state index contributed by atoms with van der Waals surface area (Å²) in [5.74, 6) is -3.94. The normalized spacial score (nSPS) is 17.1. The molecule has 2 aromatic carbocycles. The first-order valence-corrected chi connectivity index (χ1v) is 14.3. The van der Waals surface area contributed by atoms with Gasteiger partial charge in [-0.15, -0.1) is 0 Å². The number of amides is 1. The number of hydrogen-bond donors (Lipinski definition) is 1. The van der Waals surface area contributed by atoms with Crippen molar-refractivity contribution in [2.24, 2.45) is 4.99 Å². The highest BCUT2D eigenvalue weighted by Crippen LogP contribution is 2.56. The fraction of sp³-hybridized carbons (Fsp3) is 0.214. The topological polar surface area (TPSA) is 134 Å². The van der Waals surface area contributed by atoms with Crippen molar-refractivity contribution in [2.75, 3.05) is 0 Å². The van der Waals surface area contributed by atoms with Crippen LogP contribution in [-0.4, -0.2) is 46.1 Å². The number of ether oxygens (including phenoxy) is 2. The van der Waals surface area contributed by atoms with Crippen LogP contribution < -0.4 is 14.2 Å². The van der Waals surface area contributed by atoms with Crippen molar-refractivity contribution in [3.8, 4) is 28.4 Å². The molecular formula is C28H20F5N5O6S. The van der Waals surface area contributed by atoms with E-state index >= 15 is 4.39 Å². The highest BCUT2D eigenvalue weighted by atomic mass is 32.2. The van der Waals surface area contributed by atoms with Gasteiger partial charge in [-0.05, 0) is 56.7 Å². The molecule has 0 bridgehead atoms. The Bertz CT molecular complexity index is 2020. The number of nitrogens with one attached hydrogen (secondary N) is 1. The number of halogens is 5. The molecule has 4 heterocycles. The number of carbonyl (C=O) groups excluding carboxylic acids is 1. The van der Waals surface area contributed by atoms with Crippen molar-refractivity contribution in [3.63, 3.8) is 0 Å². The van der Waals surface area contributed by atoms with Crippen LogP contribution in [-0.2, 0) is 20.4 Å². The standard InChI is InChI=1S/C28H20F5N5O6S/c1-26(2,3)43-25(39)36-24-37-27(23-35-9-10-38(23)24)17-11-14(16-5-4-8-34-22(16)30)6-7-20(17)42-21-18(27)12-15(13-19(21)29)44-45(40,41)28(31,32)33/h4-13H,1-3H3,(H,36,37,39). The smallest absolute Gasteiger partial charge is 0.453 e. The number of pyridine rings is 1. The summed E-state index contributed by atoms with van der Waals surface area (Å²) < 4.78 is 110. The molecule has 1 N–H and O–H groups in total. The second kappa shape index (κ2) is 9.98. The maximum absolute atomic E-state index is 15.6. The summed E-state index contributed by atoms with van der Waals surface area (Å²) in [6, 6.07) is 8.43. The molecule has 234 valence electrons. The number of aliphatic imine (C=N–C) groups is 1. The van der Waals surface area contributed by atoms with Gasteiger partial charge in [-0.1, -0.05) is 6.07 Å². The van der Waals surface area contributed by atoms with Gasteiger partial charge >= 0.3 is 21.7 Å². The van der Waals surface area contributed by atoms with Crippen molar-refractivity contribution < 1.29 is 48.8 Å². The van der Waals surface area contributed by atoms with Crippen LogP contribution in [0.25, 0.3) is 11.1 Å². The number of nitrogens with zero attached hydrogens (tertiary/aromatic N) is 4. The number of alkyl halides is 3. The number of carbonyl (C=O) groups is 1. The van der Waals surface area contributed by atoms with E-state index in [4.69, 9.17) is 9.47 Å². The van der Waals surface area contributed by atoms with Gasteiger partial charge in [-0.3, -0.25) is 9.88 Å². The molecule has 1 amide bonds. The Morgan fingerprint density at radius 2 is 1.78 bits per heavy atom. The molecule has 0 saturated carbocycles. The maximum Gasteiger partial charge on any atom is 0.534 e. The molecule has 2 aliphatic rings. The zero-order valence-electron chi connectivity index (χ0n) is 23.3. The number of imidazole rings is 1. The van der Waals surface area contributed by atoms with E-state index < -0.39 is 56.1 Å². The van der Waals surface area contributed by atoms with Gasteiger partial charge < -0.3 is 13.7 Å². The monoisotopic (exact) mass is 649 g/mol. The van der Waals surface area contributed by atoms with Crippen molar-refractivity contribution in [1.82, 2.24) is 19.9 Å². The summed E-state index contributed by atoms with van der Waals surface area (Å²) in [5.41, 5.74) is -8.70. The highest BCUT2D eigenvalue weighted by molar-refractivity contribution is 7.88. The lowest BCUT2D eigenvalue weighted by molar-refractivity contribution is -0.0500. The van der Waals surface area contributed by atoms with E-state index in [1.807, 2.05) is 0 Å². The Labute approximate surface area is 251 Å². The molecule has 2 aromatic heterocycles. The summed E-state index contributed by atoms with van der Waals surface area (Å²) in [5, 5.41) is 2.49. The minimum absolute atomic E-state index is 0.0113. The molecule has 1 atom stereocenters. The predicted molar refractivity (Wildman–Crippen MR) is 146 cm³/mol. The maximum atomic E-state index is 15.6. The molecular weight excluding hydrogens is 629 g/mol. The third-order valence-corrected chi connectivity index (χ3v) is 7.61. The van der Waals surface area contributed by atoms with Crippen LogP contribution in [0.2, 0.25) is 0 Å². The van der Waals surface area contributed by atoms with Crippen molar-refractivity contribution >= 4 is 22.2 Å². The number of alkyl carbamates (subject to hydrolysis) is 1. The fourth-order valence-electron chi connectivity index (χ4n) is 4.94. The second-order valence-corrected chi connectivity index (χ2v) is 12.4. The first-order chi connectivity index (χ1) is 21.0. The predicted octanol–water partition coefficient (Wildman–Crippen LogP) is 5.59. The number of rotatable bonds is 3. The van der Waals surface area contributed by atoms with Crippen molar-refractivity contribution in [3.05, 3.63) is 89.8 Å². The van der Waals surface area contributed by atoms with Crippen LogP contribution in [0.1, 0.15) is 37.7 Å². The minimum Gasteiger partial charge on any atom is -0.453 e. The number of aromatic nitrogens is 3. The van der Waals surface area contributed by atoms with E-state index in [9.17, 15) is 30.8 Å². The van der Waals surface area contributed by atoms with Crippen LogP contribution in [0.5, 0.6) is 17.2 Å². The van der Waals surface area contributed by atoms with Gasteiger partial charge in [0.2, 0.25) is 11.9 Å². The molecule has 0 aliphatic carbocycles. The first-order valence-electron chi connectivity index (χ1n) is 12.9. The van der Waals surface area contributed by atoms with Gasteiger partial charge in [-0.2, -0.15) is 26.0 Å². The van der Waals surface area contributed by atoms with E-state index in [0.717, 1.165) is 6.07 Å². The van der Waals surface area contributed by atoms with Crippen LogP contribution in [0.15, 0.2) is 66.0 Å². The van der Waals surface area contributed by atoms with Crippen molar-refractivity contribution in [1.29, 1.82) is 0 Å². The molecule has 11 nitrogen and oxygen atoms in total. The van der Waals surface area contributed by atoms with Crippen LogP contribution >= 0.6 is 0 Å². The average Bonchev–Trinajstić information content (AvgIpc) is 3.52. The number of benzene rings is 2. The van der Waals surface area contributed by atoms with Gasteiger partial charge in [0.05, 0.1) is 0 Å². The summed E-state index contributed by atoms with van der Waals surface area (Å²) in [4.78, 5) is 25.4. The highest BCUT2D eigenvalue weighted by Gasteiger charge is 2.53. The molecule has 1 unspecified atom stereocenters. The van der Waals surface area contributed by atoms with Gasteiger partial charge in [0.15, 0.2) is 22.9 Å². The SMILES string of the molecule is CC(C)(C)OC(=O)NC1=NC2(c3cc(-c4cccnc4F)ccc3Oc3c(F)cc(OS(=O)(=O)C(F)(F)F)cc32)c2nccn21. The number of hydrogen-bond acceptors (Lipinski definition) is 9. The van der Waals surface area contributed by atoms with E-state index in [2.05, 4.69) is 24.5 Å². The van der Waals surface area contributed by atoms with E-state index in [-0.39, 0.29) is 39.8 Å². The Kier molecular flexibility index (Phi) is 6.65. The van der Waals surface area contributed by atoms with Crippen LogP contribution in [0, 0.1) is 11.8 Å². The minimum atomic E-state index is -6.22. The van der Waals surface area contributed by atoms with Gasteiger partial charge in [0.1, 0.15) is 17.1 Å². The van der Waals surface area contributed by atoms with Gasteiger partial charge in [0.25, 0.3) is 0 Å². The van der Waals surface area contributed by atoms with Crippen LogP contribution in [0.3, 0.4) is 0 Å². The largest absolute Gasteiger partial charge is 0.534 e. The Balaban J connectivity index is 1.61. The lowest BCUT2D eigenvalue weighted by Crippen LogP contribution is -2.38. The van der Waals surface area contributed by atoms with Gasteiger partial charge in [-0.25, -0.2) is 24.1 Å². The molecule has 45 heavy (non-hydrogen) atoms. The second-order valence-electron chi connectivity index (χ2n) is 10.8. The van der Waals surface area contributed by atoms with Gasteiger partial charge in [0, 0.05) is 41.3 Å². The zero-order valence-corrected chi connectivity index (χ0v) is 24.1. The van der Waals surface area contributed by atoms with E-state index in [1.54, 1.807) is 20.8 Å². The molecule has 0 saturated heterocycles. The molecule has 17 heteroatoms. The van der Waals surface area contributed by atoms with E-state index in [1.165, 1.54) is 53.5 Å². The summed E-state index contributed by atoms with van der Waals surface area (Å²) in [6.07, 6.45) is 3.01. The molecule has 0 fully saturated rings. The lowest BCUT2D eigenvalue weighted by Gasteiger charge is -2.34. The fourth-order valence-corrected chi connectivity index (χ4v) is 5.38. The third-order valence-electron chi connectivity index (χ3n) is 6.63. The van der Waals surface area contributed by atoms with Crippen LogP contribution in [0.4, 0.5) is 26.7 Å². The lowest BCUT2D eigenvalue weighted by atomic mass is 9.79. The summed E-state index contributed by atoms with van der Waals surface area (Å²) >= 11 is 0. The molecule has 4 aromatic rings. The first kappa shape index (κ1) is 30.0. The molecule has 1 spiro atoms. The average molecular weight is 650 g/mol. The molecule has 6 rings (SSSR count). The molecule has 2 aliphatic heterocycles. The van der Waals surface area contributed by atoms with Crippen molar-refractivity contribution in [2.45, 2.75) is 37.4 Å². The Morgan fingerprint density at radius 1 is 1.02 bits per heavy atom. The third kappa shape index (κ3) is 5.01. The Morgan fingerprint density at radius 3 is 2.47 bits per heavy atom. The number of fused-ring (bicyclic) bond motifs is 6.